The highest BCUT2D eigenvalue weighted by atomic mass is 35.5. The van der Waals surface area contributed by atoms with Crippen LogP contribution in [0.25, 0.3) is 10.8 Å². The van der Waals surface area contributed by atoms with Crippen LogP contribution in [0.4, 0.5) is 0 Å². The standard InChI is InChI=1S/C16H6Cl2O2S/c17-12-7-3-1-2-4-8(7)13(18)11-10(12)14(19)9-5-6-21-16(9)15(11)20/h1-6H. The molecule has 2 nitrogen and oxygen atoms in total. The van der Waals surface area contributed by atoms with Crippen LogP contribution < -0.4 is 0 Å². The van der Waals surface area contributed by atoms with Gasteiger partial charge >= 0.3 is 0 Å². The molecule has 102 valence electrons. The topological polar surface area (TPSA) is 34.1 Å². The van der Waals surface area contributed by atoms with Crippen LogP contribution in [0.1, 0.15) is 31.2 Å². The molecule has 1 aliphatic rings. The molecule has 2 aromatic carbocycles. The van der Waals surface area contributed by atoms with Gasteiger partial charge in [-0.3, -0.25) is 9.59 Å². The highest BCUT2D eigenvalue weighted by Gasteiger charge is 2.35. The van der Waals surface area contributed by atoms with Crippen molar-refractivity contribution in [1.82, 2.24) is 0 Å². The van der Waals surface area contributed by atoms with Gasteiger partial charge in [0.25, 0.3) is 0 Å². The summed E-state index contributed by atoms with van der Waals surface area (Å²) in [6.07, 6.45) is 0. The van der Waals surface area contributed by atoms with Crippen molar-refractivity contribution in [3.05, 3.63) is 67.3 Å². The summed E-state index contributed by atoms with van der Waals surface area (Å²) in [5.41, 5.74) is 0.849. The maximum atomic E-state index is 12.6. The third-order valence-electron chi connectivity index (χ3n) is 3.66. The maximum absolute atomic E-state index is 12.6. The molecule has 0 bridgehead atoms. The number of hydrogen-bond donors (Lipinski definition) is 0. The summed E-state index contributed by atoms with van der Waals surface area (Å²) < 4.78 is 0. The van der Waals surface area contributed by atoms with E-state index < -0.39 is 0 Å². The summed E-state index contributed by atoms with van der Waals surface area (Å²) in [5.74, 6) is -0.467. The van der Waals surface area contributed by atoms with E-state index in [1.54, 1.807) is 23.6 Å². The lowest BCUT2D eigenvalue weighted by Gasteiger charge is -2.19. The predicted octanol–water partition coefficient (Wildman–Crippen LogP) is 4.98. The van der Waals surface area contributed by atoms with Crippen LogP contribution in [0.3, 0.4) is 0 Å². The Bertz CT molecular complexity index is 881. The first-order valence-electron chi connectivity index (χ1n) is 6.18. The summed E-state index contributed by atoms with van der Waals surface area (Å²) in [6.45, 7) is 0. The fourth-order valence-corrected chi connectivity index (χ4v) is 4.22. The fourth-order valence-electron chi connectivity index (χ4n) is 2.69. The molecule has 0 spiro atoms. The van der Waals surface area contributed by atoms with Gasteiger partial charge in [-0.15, -0.1) is 11.3 Å². The lowest BCUT2D eigenvalue weighted by Crippen LogP contribution is -2.20. The van der Waals surface area contributed by atoms with Gasteiger partial charge in [0, 0.05) is 16.3 Å². The Balaban J connectivity index is 2.21. The zero-order valence-corrected chi connectivity index (χ0v) is 12.8. The molecular formula is C16H6Cl2O2S. The second kappa shape index (κ2) is 4.41. The Morgan fingerprint density at radius 3 is 2.00 bits per heavy atom. The minimum Gasteiger partial charge on any atom is -0.288 e. The first-order chi connectivity index (χ1) is 10.1. The molecule has 0 radical (unpaired) electrons. The normalized spacial score (nSPS) is 13.4. The molecule has 21 heavy (non-hydrogen) atoms. The van der Waals surface area contributed by atoms with Crippen LogP contribution >= 0.6 is 34.5 Å². The second-order valence-electron chi connectivity index (χ2n) is 4.75. The lowest BCUT2D eigenvalue weighted by atomic mass is 9.87. The summed E-state index contributed by atoms with van der Waals surface area (Å²) >= 11 is 14.0. The van der Waals surface area contributed by atoms with E-state index >= 15 is 0 Å². The second-order valence-corrected chi connectivity index (χ2v) is 6.42. The van der Waals surface area contributed by atoms with E-state index in [1.807, 2.05) is 12.1 Å². The van der Waals surface area contributed by atoms with Crippen molar-refractivity contribution in [2.24, 2.45) is 0 Å². The van der Waals surface area contributed by atoms with E-state index in [-0.39, 0.29) is 22.7 Å². The number of ketones is 2. The fraction of sp³-hybridized carbons (Fsp3) is 0. The third kappa shape index (κ3) is 1.59. The first-order valence-corrected chi connectivity index (χ1v) is 7.81. The number of thiophene rings is 1. The summed E-state index contributed by atoms with van der Waals surface area (Å²) in [4.78, 5) is 25.7. The molecule has 0 atom stereocenters. The van der Waals surface area contributed by atoms with Gasteiger partial charge < -0.3 is 0 Å². The van der Waals surface area contributed by atoms with Crippen molar-refractivity contribution in [3.63, 3.8) is 0 Å². The molecule has 5 heteroatoms. The van der Waals surface area contributed by atoms with Crippen LogP contribution in [0.15, 0.2) is 35.7 Å². The van der Waals surface area contributed by atoms with Gasteiger partial charge in [0.1, 0.15) is 0 Å². The Kier molecular flexibility index (Phi) is 2.73. The minimum absolute atomic E-state index is 0.219. The highest BCUT2D eigenvalue weighted by Crippen LogP contribution is 2.42. The third-order valence-corrected chi connectivity index (χ3v) is 5.36. The zero-order chi connectivity index (χ0) is 14.7. The average molecular weight is 333 g/mol. The van der Waals surface area contributed by atoms with Crippen LogP contribution in [0.2, 0.25) is 10.0 Å². The lowest BCUT2D eigenvalue weighted by molar-refractivity contribution is 0.0983. The van der Waals surface area contributed by atoms with E-state index in [4.69, 9.17) is 23.2 Å². The molecule has 0 aliphatic heterocycles. The van der Waals surface area contributed by atoms with E-state index in [1.165, 1.54) is 11.3 Å². The van der Waals surface area contributed by atoms with Gasteiger partial charge in [-0.2, -0.15) is 0 Å². The average Bonchev–Trinajstić information content (AvgIpc) is 2.98. The van der Waals surface area contributed by atoms with Crippen LogP contribution in [-0.4, -0.2) is 11.6 Å². The number of halogens is 2. The van der Waals surface area contributed by atoms with Crippen molar-refractivity contribution in [1.29, 1.82) is 0 Å². The SMILES string of the molecule is O=C1c2ccsc2C(=O)c2c1c(Cl)c1ccccc1c2Cl. The van der Waals surface area contributed by atoms with Gasteiger partial charge in [0.15, 0.2) is 5.78 Å². The highest BCUT2D eigenvalue weighted by molar-refractivity contribution is 7.13. The molecule has 0 unspecified atom stereocenters. The zero-order valence-electron chi connectivity index (χ0n) is 10.4. The van der Waals surface area contributed by atoms with Crippen LogP contribution in [0, 0.1) is 0 Å². The molecule has 4 rings (SSSR count). The number of rotatable bonds is 0. The molecule has 0 saturated heterocycles. The van der Waals surface area contributed by atoms with Crippen molar-refractivity contribution >= 4 is 56.9 Å². The molecular weight excluding hydrogens is 327 g/mol. The Labute approximate surface area is 133 Å². The first kappa shape index (κ1) is 13.0. The summed E-state index contributed by atoms with van der Waals surface area (Å²) in [6, 6.07) is 8.89. The predicted molar refractivity (Wildman–Crippen MR) is 85.2 cm³/mol. The molecule has 0 saturated carbocycles. The van der Waals surface area contributed by atoms with E-state index in [0.29, 0.717) is 31.3 Å². The number of fused-ring (bicyclic) bond motifs is 3. The smallest absolute Gasteiger partial charge is 0.206 e. The van der Waals surface area contributed by atoms with E-state index in [9.17, 15) is 9.59 Å². The maximum Gasteiger partial charge on any atom is 0.206 e. The van der Waals surface area contributed by atoms with Crippen LogP contribution in [0.5, 0.6) is 0 Å². The Hall–Kier alpha value is -1.68. The van der Waals surface area contributed by atoms with E-state index in [2.05, 4.69) is 0 Å². The Morgan fingerprint density at radius 1 is 0.810 bits per heavy atom. The van der Waals surface area contributed by atoms with Gasteiger partial charge in [0.05, 0.1) is 26.0 Å². The molecule has 1 aliphatic carbocycles. The molecule has 0 amide bonds. The monoisotopic (exact) mass is 332 g/mol. The van der Waals surface area contributed by atoms with Crippen molar-refractivity contribution in [2.45, 2.75) is 0 Å². The van der Waals surface area contributed by atoms with Gasteiger partial charge in [-0.25, -0.2) is 0 Å². The van der Waals surface area contributed by atoms with Gasteiger partial charge in [-0.1, -0.05) is 47.5 Å². The number of hydrogen-bond acceptors (Lipinski definition) is 3. The van der Waals surface area contributed by atoms with Crippen molar-refractivity contribution in [3.8, 4) is 0 Å². The molecule has 1 aromatic heterocycles. The molecule has 3 aromatic rings. The summed E-state index contributed by atoms with van der Waals surface area (Å²) in [7, 11) is 0. The molecule has 0 fully saturated rings. The van der Waals surface area contributed by atoms with Crippen molar-refractivity contribution in [2.75, 3.05) is 0 Å². The van der Waals surface area contributed by atoms with Crippen molar-refractivity contribution < 1.29 is 9.59 Å². The van der Waals surface area contributed by atoms with Gasteiger partial charge in [-0.05, 0) is 11.4 Å². The molecule has 1 heterocycles. The largest absolute Gasteiger partial charge is 0.288 e. The van der Waals surface area contributed by atoms with Gasteiger partial charge in [0.2, 0.25) is 5.78 Å². The molecule has 0 N–H and O–H groups in total. The number of benzene rings is 2. The number of carbonyl (C=O) groups is 2. The van der Waals surface area contributed by atoms with E-state index in [0.717, 1.165) is 0 Å². The number of carbonyl (C=O) groups excluding carboxylic acids is 2. The van der Waals surface area contributed by atoms with Crippen LogP contribution in [-0.2, 0) is 0 Å². The summed E-state index contributed by atoms with van der Waals surface area (Å²) in [5, 5.41) is 3.68. The minimum atomic E-state index is -0.237. The Morgan fingerprint density at radius 2 is 1.38 bits per heavy atom. The quantitative estimate of drug-likeness (QED) is 0.455.